The van der Waals surface area contributed by atoms with Crippen molar-refractivity contribution in [3.63, 3.8) is 0 Å². The fourth-order valence-electron chi connectivity index (χ4n) is 8.29. The van der Waals surface area contributed by atoms with Crippen molar-refractivity contribution >= 4 is 43.9 Å². The van der Waals surface area contributed by atoms with Crippen LogP contribution in [-0.4, -0.2) is 14.3 Å². The maximum atomic E-state index is 6.71. The predicted molar refractivity (Wildman–Crippen MR) is 169 cm³/mol. The second kappa shape index (κ2) is 7.29. The van der Waals surface area contributed by atoms with Gasteiger partial charge in [0.05, 0.1) is 16.4 Å². The molecule has 0 N–H and O–H groups in total. The molecule has 1 atom stereocenters. The summed E-state index contributed by atoms with van der Waals surface area (Å²) in [5.41, 5.74) is 9.50. The number of ether oxygens (including phenoxy) is 1. The highest BCUT2D eigenvalue weighted by Gasteiger charge is 2.70. The third kappa shape index (κ3) is 2.37. The first-order chi connectivity index (χ1) is 22.3. The zero-order valence-corrected chi connectivity index (χ0v) is 23.7. The number of pyridine rings is 1. The molecule has 3 aliphatic heterocycles. The molecule has 12 rings (SSSR count). The van der Waals surface area contributed by atoms with Gasteiger partial charge in [0.15, 0.2) is 22.5 Å². The monoisotopic (exact) mass is 579 g/mol. The van der Waals surface area contributed by atoms with Gasteiger partial charge in [0.25, 0.3) is 0 Å². The Labute approximate surface area is 254 Å². The zero-order valence-electron chi connectivity index (χ0n) is 23.7. The zero-order chi connectivity index (χ0) is 29.0. The lowest BCUT2D eigenvalue weighted by atomic mass is 9.85. The van der Waals surface area contributed by atoms with Crippen LogP contribution >= 0.6 is 0 Å². The Kier molecular flexibility index (Phi) is 3.62. The Hall–Kier alpha value is -6.21. The van der Waals surface area contributed by atoms with Gasteiger partial charge in [-0.2, -0.15) is 9.13 Å². The van der Waals surface area contributed by atoms with Gasteiger partial charge in [-0.15, -0.1) is 0 Å². The van der Waals surface area contributed by atoms with E-state index in [1.807, 2.05) is 12.1 Å². The van der Waals surface area contributed by atoms with Gasteiger partial charge in [-0.05, 0) is 72.8 Å². The van der Waals surface area contributed by atoms with Gasteiger partial charge in [0.1, 0.15) is 40.1 Å². The summed E-state index contributed by atoms with van der Waals surface area (Å²) in [6.07, 6.45) is 4.35. The molecule has 0 saturated carbocycles. The molecule has 4 aromatic heterocycles. The topological polar surface area (TPSA) is 52.9 Å². The molecule has 9 aromatic rings. The molecular weight excluding hydrogens is 558 g/mol. The highest BCUT2D eigenvalue weighted by molar-refractivity contribution is 6.08. The molecule has 7 heteroatoms. The minimum Gasteiger partial charge on any atom is -0.456 e. The van der Waals surface area contributed by atoms with Crippen LogP contribution < -0.4 is 14.1 Å². The summed E-state index contributed by atoms with van der Waals surface area (Å²) in [6.45, 7) is 0. The van der Waals surface area contributed by atoms with Crippen LogP contribution in [0.25, 0.3) is 66.5 Å². The minimum absolute atomic E-state index is 0.801. The van der Waals surface area contributed by atoms with Crippen molar-refractivity contribution in [2.75, 3.05) is 0 Å². The first-order valence-corrected chi connectivity index (χ1v) is 15.1. The molecule has 0 aliphatic carbocycles. The number of benzene rings is 5. The maximum absolute atomic E-state index is 6.71. The fraction of sp³-hybridized carbons (Fsp3) is 0.0263. The van der Waals surface area contributed by atoms with Crippen LogP contribution in [0.3, 0.4) is 0 Å². The van der Waals surface area contributed by atoms with E-state index in [0.29, 0.717) is 0 Å². The van der Waals surface area contributed by atoms with E-state index in [9.17, 15) is 0 Å². The third-order valence-corrected chi connectivity index (χ3v) is 9.99. The largest absolute Gasteiger partial charge is 0.456 e. The van der Waals surface area contributed by atoms with Gasteiger partial charge < -0.3 is 9.15 Å². The molecule has 3 aliphatic rings. The van der Waals surface area contributed by atoms with E-state index in [0.717, 1.165) is 72.8 Å². The highest BCUT2D eigenvalue weighted by Crippen LogP contribution is 2.54. The number of rotatable bonds is 1. The van der Waals surface area contributed by atoms with E-state index in [4.69, 9.17) is 14.3 Å². The molecule has 5 aromatic carbocycles. The first-order valence-electron chi connectivity index (χ1n) is 15.1. The van der Waals surface area contributed by atoms with Crippen LogP contribution in [0.1, 0.15) is 11.1 Å². The predicted octanol–water partition coefficient (Wildman–Crippen LogP) is 7.14. The number of aromatic nitrogens is 5. The van der Waals surface area contributed by atoms with Gasteiger partial charge in [0.2, 0.25) is 0 Å². The molecule has 208 valence electrons. The molecule has 7 nitrogen and oxygen atoms in total. The standard InChI is InChI=1S/C38H21N5O2/c1-3-11-28-23(8-1)25-10-7-19-40-37(25)42(28)30-13-6-16-34-36(30)38(40)35-29(12-5-15-33(35)45-34)41-21-27(39-43(38)41)22-17-18-32-26(20-22)24-9-2-4-14-31(24)44-32/h1-21H/q+2. The first kappa shape index (κ1) is 22.3. The molecule has 1 spiro atoms. The number of hydrogen-bond donors (Lipinski definition) is 0. The lowest BCUT2D eigenvalue weighted by Crippen LogP contribution is -2.77. The number of hydrogen-bond acceptors (Lipinski definition) is 3. The number of para-hydroxylation sites is 2. The van der Waals surface area contributed by atoms with Crippen LogP contribution in [0, 0.1) is 0 Å². The SMILES string of the molecule is c1cc2c3c(c1)-n1c4ccccc4c4ccc[n+](c41)C31c3c(cccc3-n3cc(-c4ccc5oc6ccccc6c5c4)n[n+]31)O2. The van der Waals surface area contributed by atoms with Crippen LogP contribution in [-0.2, 0) is 5.66 Å². The summed E-state index contributed by atoms with van der Waals surface area (Å²) < 4.78 is 19.8. The normalized spacial score (nSPS) is 16.7. The van der Waals surface area contributed by atoms with E-state index in [2.05, 4.69) is 134 Å². The molecular formula is C38H21N5O2+2. The van der Waals surface area contributed by atoms with Crippen molar-refractivity contribution in [2.45, 2.75) is 5.66 Å². The van der Waals surface area contributed by atoms with Crippen LogP contribution in [0.2, 0.25) is 0 Å². The van der Waals surface area contributed by atoms with Gasteiger partial charge in [-0.1, -0.05) is 47.1 Å². The molecule has 0 radical (unpaired) electrons. The van der Waals surface area contributed by atoms with Crippen molar-refractivity contribution < 1.29 is 18.5 Å². The molecule has 1 unspecified atom stereocenters. The van der Waals surface area contributed by atoms with Crippen LogP contribution in [0.15, 0.2) is 132 Å². The van der Waals surface area contributed by atoms with Gasteiger partial charge in [-0.25, -0.2) is 0 Å². The molecule has 0 amide bonds. The molecule has 0 fully saturated rings. The molecule has 45 heavy (non-hydrogen) atoms. The van der Waals surface area contributed by atoms with Crippen LogP contribution in [0.5, 0.6) is 11.5 Å². The van der Waals surface area contributed by atoms with Gasteiger partial charge in [-0.3, -0.25) is 0 Å². The van der Waals surface area contributed by atoms with E-state index in [1.165, 1.54) is 16.3 Å². The van der Waals surface area contributed by atoms with E-state index < -0.39 is 5.66 Å². The summed E-state index contributed by atoms with van der Waals surface area (Å²) in [7, 11) is 0. The number of furan rings is 1. The summed E-state index contributed by atoms with van der Waals surface area (Å²) in [5.74, 6) is 1.68. The molecule has 7 heterocycles. The van der Waals surface area contributed by atoms with Crippen LogP contribution in [0.4, 0.5) is 0 Å². The maximum Gasteiger partial charge on any atom is 0.423 e. The highest BCUT2D eigenvalue weighted by atomic mass is 16.5. The van der Waals surface area contributed by atoms with E-state index >= 15 is 0 Å². The van der Waals surface area contributed by atoms with Crippen molar-refractivity contribution in [1.29, 1.82) is 0 Å². The Morgan fingerprint density at radius 1 is 0.644 bits per heavy atom. The second-order valence-electron chi connectivity index (χ2n) is 12.1. The van der Waals surface area contributed by atoms with Crippen molar-refractivity contribution in [2.24, 2.45) is 0 Å². The summed E-state index contributed by atoms with van der Waals surface area (Å²) >= 11 is 0. The van der Waals surface area contributed by atoms with Gasteiger partial charge in [0, 0.05) is 26.8 Å². The Bertz CT molecular complexity index is 2820. The Morgan fingerprint density at radius 3 is 2.31 bits per heavy atom. The fourth-order valence-corrected chi connectivity index (χ4v) is 8.29. The lowest BCUT2D eigenvalue weighted by Gasteiger charge is -2.31. The average molecular weight is 580 g/mol. The second-order valence-corrected chi connectivity index (χ2v) is 12.1. The van der Waals surface area contributed by atoms with Crippen molar-refractivity contribution in [3.8, 4) is 34.1 Å². The third-order valence-electron chi connectivity index (χ3n) is 9.99. The Morgan fingerprint density at radius 2 is 1.40 bits per heavy atom. The quantitative estimate of drug-likeness (QED) is 0.194. The van der Waals surface area contributed by atoms with Crippen molar-refractivity contribution in [3.05, 3.63) is 139 Å². The number of fused-ring (bicyclic) bond motifs is 9. The van der Waals surface area contributed by atoms with E-state index in [-0.39, 0.29) is 0 Å². The van der Waals surface area contributed by atoms with Gasteiger partial charge >= 0.3 is 11.3 Å². The van der Waals surface area contributed by atoms with E-state index in [1.54, 1.807) is 0 Å². The molecule has 0 saturated heterocycles. The Balaban J connectivity index is 1.23. The van der Waals surface area contributed by atoms with Crippen molar-refractivity contribution in [1.82, 2.24) is 14.3 Å². The minimum atomic E-state index is -0.801. The number of nitrogens with zero attached hydrogens (tertiary/aromatic N) is 5. The summed E-state index contributed by atoms with van der Waals surface area (Å²) in [5, 5.41) is 10.1. The summed E-state index contributed by atoms with van der Waals surface area (Å²) in [6, 6.07) is 40.3. The lowest BCUT2D eigenvalue weighted by molar-refractivity contribution is -1.01. The average Bonchev–Trinajstić information content (AvgIpc) is 3.83. The molecule has 0 bridgehead atoms. The smallest absolute Gasteiger partial charge is 0.423 e. The summed E-state index contributed by atoms with van der Waals surface area (Å²) in [4.78, 5) is 2.17.